The Morgan fingerprint density at radius 3 is 2.41 bits per heavy atom. The molecule has 0 radical (unpaired) electrons. The van der Waals surface area contributed by atoms with E-state index in [0.717, 1.165) is 31.4 Å². The standard InChI is InChI=1S/C48H56N6O9S/c1-8-30-22-23-48(27-30,45(57)53-64(59,60)34-15-10-9-11-16-34)52-43(55)40-25-33(28-54(40)44(56)42(29(2)3)51-46(58)63-47(4,5)6)62-41-26-39(50-38-24-32(61-7)19-20-35(38)41)37-21-18-31-14-12-13-17-36(31)49-37/h8-11,15-16,18-22,24,26,29,33,40,42H,1,12-14,17,23,25,27-28H2,2-7H3,(H,51,58)(H,52,55)(H,53,57)/t33-,40+,42+,48+/m1/s1. The highest BCUT2D eigenvalue weighted by molar-refractivity contribution is 7.90. The van der Waals surface area contributed by atoms with Gasteiger partial charge < -0.3 is 29.7 Å². The second-order valence-electron chi connectivity index (χ2n) is 17.9. The average molecular weight is 893 g/mol. The quantitative estimate of drug-likeness (QED) is 0.135. The lowest BCUT2D eigenvalue weighted by Crippen LogP contribution is -2.62. The number of aryl methyl sites for hydroxylation is 2. The van der Waals surface area contributed by atoms with Crippen molar-refractivity contribution in [1.82, 2.24) is 30.2 Å². The van der Waals surface area contributed by atoms with Crippen LogP contribution < -0.4 is 24.8 Å². The average Bonchev–Trinajstić information content (AvgIpc) is 3.89. The second kappa shape index (κ2) is 18.4. The van der Waals surface area contributed by atoms with E-state index in [-0.39, 0.29) is 30.7 Å². The summed E-state index contributed by atoms with van der Waals surface area (Å²) in [4.78, 5) is 68.0. The number of ether oxygens (including phenoxy) is 3. The molecule has 2 aromatic heterocycles. The molecule has 3 N–H and O–H groups in total. The lowest BCUT2D eigenvalue weighted by atomic mass is 9.93. The number of amides is 4. The van der Waals surface area contributed by atoms with E-state index in [0.29, 0.717) is 39.4 Å². The summed E-state index contributed by atoms with van der Waals surface area (Å²) >= 11 is 0. The summed E-state index contributed by atoms with van der Waals surface area (Å²) in [6.45, 7) is 12.4. The maximum absolute atomic E-state index is 14.8. The van der Waals surface area contributed by atoms with E-state index < -0.39 is 69.1 Å². The Morgan fingerprint density at radius 1 is 0.969 bits per heavy atom. The van der Waals surface area contributed by atoms with Crippen LogP contribution in [0.25, 0.3) is 22.3 Å². The van der Waals surface area contributed by atoms with Gasteiger partial charge in [-0.1, -0.05) is 56.8 Å². The first-order valence-electron chi connectivity index (χ1n) is 21.6. The van der Waals surface area contributed by atoms with Crippen molar-refractivity contribution < 1.29 is 41.8 Å². The summed E-state index contributed by atoms with van der Waals surface area (Å²) in [5, 5.41) is 6.23. The summed E-state index contributed by atoms with van der Waals surface area (Å²) in [6, 6.07) is 16.4. The number of likely N-dealkylation sites (tertiary alicyclic amines) is 1. The van der Waals surface area contributed by atoms with Crippen LogP contribution in [-0.4, -0.2) is 90.1 Å². The van der Waals surface area contributed by atoms with Gasteiger partial charge in [-0.25, -0.2) is 22.9 Å². The van der Waals surface area contributed by atoms with Gasteiger partial charge in [0.15, 0.2) is 0 Å². The number of hydrogen-bond acceptors (Lipinski definition) is 11. The number of nitrogens with one attached hydrogen (secondary N) is 3. The molecule has 4 atom stereocenters. The third kappa shape index (κ3) is 10.1. The number of fused-ring (bicyclic) bond motifs is 2. The SMILES string of the molecule is C=CC1=CC[C@@](NC(=O)[C@@H]2C[C@@H](Oc3cc(-c4ccc5c(n4)CCCC5)nc4cc(OC)ccc34)CN2C(=O)[C@@H](NC(=O)OC(C)(C)C)C(C)C)(C(=O)NS(=O)(=O)c2ccccc2)C1. The minimum atomic E-state index is -4.33. The molecule has 2 aliphatic carbocycles. The van der Waals surface area contributed by atoms with Crippen molar-refractivity contribution in [2.24, 2.45) is 5.92 Å². The highest BCUT2D eigenvalue weighted by Gasteiger charge is 2.49. The summed E-state index contributed by atoms with van der Waals surface area (Å²) in [5.74, 6) is -1.65. The van der Waals surface area contributed by atoms with Gasteiger partial charge in [0, 0.05) is 36.1 Å². The van der Waals surface area contributed by atoms with Gasteiger partial charge in [-0.2, -0.15) is 0 Å². The molecule has 0 unspecified atom stereocenters. The van der Waals surface area contributed by atoms with Crippen LogP contribution in [-0.2, 0) is 42.0 Å². The molecule has 338 valence electrons. The van der Waals surface area contributed by atoms with E-state index in [1.165, 1.54) is 34.7 Å². The molecule has 0 spiro atoms. The van der Waals surface area contributed by atoms with Crippen LogP contribution in [0.4, 0.5) is 4.79 Å². The number of benzene rings is 2. The largest absolute Gasteiger partial charge is 0.497 e. The highest BCUT2D eigenvalue weighted by atomic mass is 32.2. The van der Waals surface area contributed by atoms with Crippen LogP contribution in [0, 0.1) is 5.92 Å². The smallest absolute Gasteiger partial charge is 0.408 e. The molecule has 16 heteroatoms. The van der Waals surface area contributed by atoms with Gasteiger partial charge in [0.2, 0.25) is 11.8 Å². The number of hydrogen-bond donors (Lipinski definition) is 3. The van der Waals surface area contributed by atoms with E-state index in [1.807, 2.05) is 12.1 Å². The maximum Gasteiger partial charge on any atom is 0.408 e. The zero-order valence-corrected chi connectivity index (χ0v) is 37.9. The Balaban J connectivity index is 1.24. The first kappa shape index (κ1) is 45.7. The number of rotatable bonds is 13. The molecular formula is C48H56N6O9S. The van der Waals surface area contributed by atoms with Crippen LogP contribution in [0.3, 0.4) is 0 Å². The van der Waals surface area contributed by atoms with Gasteiger partial charge in [0.1, 0.15) is 40.8 Å². The third-order valence-electron chi connectivity index (χ3n) is 11.7. The van der Waals surface area contributed by atoms with Crippen LogP contribution in [0.5, 0.6) is 11.5 Å². The van der Waals surface area contributed by atoms with Gasteiger partial charge in [0.05, 0.1) is 35.5 Å². The van der Waals surface area contributed by atoms with Crippen LogP contribution >= 0.6 is 0 Å². The Hall–Kier alpha value is -6.29. The third-order valence-corrected chi connectivity index (χ3v) is 13.1. The summed E-state index contributed by atoms with van der Waals surface area (Å²) < 4.78 is 46.8. The molecule has 0 bridgehead atoms. The molecule has 0 saturated carbocycles. The predicted octanol–water partition coefficient (Wildman–Crippen LogP) is 6.35. The molecular weight excluding hydrogens is 837 g/mol. The second-order valence-corrected chi connectivity index (χ2v) is 19.6. The van der Waals surface area contributed by atoms with Crippen molar-refractivity contribution in [3.63, 3.8) is 0 Å². The molecule has 15 nitrogen and oxygen atoms in total. The highest BCUT2D eigenvalue weighted by Crippen LogP contribution is 2.36. The number of allylic oxidation sites excluding steroid dienone is 1. The minimum absolute atomic E-state index is 0.0248. The number of carbonyl (C=O) groups is 4. The Labute approximate surface area is 374 Å². The number of carbonyl (C=O) groups excluding carboxylic acids is 4. The molecule has 64 heavy (non-hydrogen) atoms. The van der Waals surface area contributed by atoms with E-state index in [2.05, 4.69) is 28.0 Å². The number of pyridine rings is 2. The van der Waals surface area contributed by atoms with Crippen molar-refractivity contribution in [1.29, 1.82) is 0 Å². The molecule has 3 aliphatic rings. The van der Waals surface area contributed by atoms with E-state index >= 15 is 0 Å². The predicted molar refractivity (Wildman–Crippen MR) is 241 cm³/mol. The zero-order valence-electron chi connectivity index (χ0n) is 37.1. The minimum Gasteiger partial charge on any atom is -0.497 e. The summed E-state index contributed by atoms with van der Waals surface area (Å²) in [7, 11) is -2.76. The van der Waals surface area contributed by atoms with Crippen molar-refractivity contribution >= 4 is 44.7 Å². The molecule has 3 heterocycles. The fraction of sp³-hybridized carbons (Fsp3) is 0.417. The summed E-state index contributed by atoms with van der Waals surface area (Å²) in [6.07, 6.45) is 5.57. The Kier molecular flexibility index (Phi) is 13.2. The van der Waals surface area contributed by atoms with Crippen LogP contribution in [0.1, 0.15) is 78.0 Å². The Morgan fingerprint density at radius 2 is 1.72 bits per heavy atom. The van der Waals surface area contributed by atoms with E-state index in [1.54, 1.807) is 78.1 Å². The van der Waals surface area contributed by atoms with Gasteiger partial charge in [-0.3, -0.25) is 19.4 Å². The van der Waals surface area contributed by atoms with Gasteiger partial charge in [-0.15, -0.1) is 0 Å². The molecule has 1 aliphatic heterocycles. The van der Waals surface area contributed by atoms with Crippen molar-refractivity contribution in [3.05, 3.63) is 102 Å². The number of methoxy groups -OCH3 is 1. The van der Waals surface area contributed by atoms with Crippen molar-refractivity contribution in [2.45, 2.75) is 114 Å². The molecule has 4 amide bonds. The number of alkyl carbamates (subject to hydrolysis) is 1. The monoisotopic (exact) mass is 892 g/mol. The maximum atomic E-state index is 14.8. The molecule has 4 aromatic rings. The number of nitrogens with zero attached hydrogens (tertiary/aromatic N) is 3. The first-order chi connectivity index (χ1) is 30.4. The number of sulfonamides is 1. The van der Waals surface area contributed by atoms with Crippen molar-refractivity contribution in [3.8, 4) is 22.9 Å². The fourth-order valence-electron chi connectivity index (χ4n) is 8.41. The van der Waals surface area contributed by atoms with Crippen LogP contribution in [0.2, 0.25) is 0 Å². The zero-order chi connectivity index (χ0) is 46.0. The lowest BCUT2D eigenvalue weighted by Gasteiger charge is -2.34. The van der Waals surface area contributed by atoms with Gasteiger partial charge in [-0.05, 0) is 100 Å². The fourth-order valence-corrected chi connectivity index (χ4v) is 9.49. The van der Waals surface area contributed by atoms with Crippen molar-refractivity contribution in [2.75, 3.05) is 13.7 Å². The molecule has 2 aromatic carbocycles. The molecule has 7 rings (SSSR count). The topological polar surface area (TPSA) is 195 Å². The number of aromatic nitrogens is 2. The molecule has 1 saturated heterocycles. The van der Waals surface area contributed by atoms with E-state index in [4.69, 9.17) is 24.2 Å². The molecule has 1 fully saturated rings. The van der Waals surface area contributed by atoms with Gasteiger partial charge in [0.25, 0.3) is 15.9 Å². The lowest BCUT2D eigenvalue weighted by molar-refractivity contribution is -0.142. The van der Waals surface area contributed by atoms with Crippen LogP contribution in [0.15, 0.2) is 95.9 Å². The normalized spacial score (nSPS) is 20.2. The summed E-state index contributed by atoms with van der Waals surface area (Å²) in [5.41, 5.74) is 2.11. The Bertz CT molecular complexity index is 2610. The first-order valence-corrected chi connectivity index (χ1v) is 23.1. The van der Waals surface area contributed by atoms with E-state index in [9.17, 15) is 27.6 Å². The van der Waals surface area contributed by atoms with Gasteiger partial charge >= 0.3 is 6.09 Å².